The van der Waals surface area contributed by atoms with E-state index in [-0.39, 0.29) is 31.4 Å². The van der Waals surface area contributed by atoms with Crippen LogP contribution in [0.2, 0.25) is 0 Å². The minimum absolute atomic E-state index is 0.0171. The summed E-state index contributed by atoms with van der Waals surface area (Å²) in [6.07, 6.45) is 6.29. The summed E-state index contributed by atoms with van der Waals surface area (Å²) in [7, 11) is 0. The second-order valence-corrected chi connectivity index (χ2v) is 17.4. The minimum atomic E-state index is -1.11. The molecule has 300 valence electrons. The Morgan fingerprint density at radius 3 is 1.60 bits per heavy atom. The van der Waals surface area contributed by atoms with E-state index in [0.717, 1.165) is 43.5 Å². The maximum absolute atomic E-state index is 14.7. The summed E-state index contributed by atoms with van der Waals surface area (Å²) < 4.78 is 59.6. The quantitative estimate of drug-likeness (QED) is 0.0565. The molecule has 4 N–H and O–H groups in total. The zero-order chi connectivity index (χ0) is 41.2. The van der Waals surface area contributed by atoms with Crippen molar-refractivity contribution in [3.63, 3.8) is 0 Å². The molecule has 0 saturated carbocycles. The van der Waals surface area contributed by atoms with Crippen LogP contribution in [0, 0.1) is 44.3 Å². The number of nitrogens with one attached hydrogen (secondary N) is 4. The van der Waals surface area contributed by atoms with Crippen molar-refractivity contribution in [3.05, 3.63) is 140 Å². The van der Waals surface area contributed by atoms with Crippen molar-refractivity contribution in [1.82, 2.24) is 20.5 Å². The Kier molecular flexibility index (Phi) is 16.6. The fourth-order valence-corrected chi connectivity index (χ4v) is 8.09. The molecule has 0 unspecified atom stereocenters. The normalized spacial score (nSPS) is 12.5. The lowest BCUT2D eigenvalue weighted by molar-refractivity contribution is 0.0943. The van der Waals surface area contributed by atoms with Crippen LogP contribution in [0.15, 0.2) is 82.0 Å². The first-order chi connectivity index (χ1) is 27.2. The van der Waals surface area contributed by atoms with Crippen molar-refractivity contribution in [1.29, 1.82) is 0 Å². The average Bonchev–Trinajstić information content (AvgIpc) is 3.71. The monoisotopic (exact) mass is 1130 g/mol. The standard InChI is InChI=1S/C21H17BrF2IN3O.C20H21BrF2IN3O/c1-12-10-14(25)2-3-17(12)28-20-15(11-16(22)18(23)19(20)24)21(29)27-9-6-13-4-7-26-8-5-13;1-12-10-13(24)4-5-16(12)26-19-14(11-15(21)17(22)18(19)23)20(28)25-6-9-27-7-2-3-8-27/h2-5,7-8,10-11,28H,6,9H2,1H3,(H,27,29);4-5,10-11,26H,2-3,6-9H2,1H3,(H,25,28). The van der Waals surface area contributed by atoms with Crippen molar-refractivity contribution in [2.75, 3.05) is 43.4 Å². The average molecular weight is 1140 g/mol. The predicted octanol–water partition coefficient (Wildman–Crippen LogP) is 11.0. The fourth-order valence-electron chi connectivity index (χ4n) is 5.99. The summed E-state index contributed by atoms with van der Waals surface area (Å²) in [6.45, 7) is 7.34. The maximum Gasteiger partial charge on any atom is 0.253 e. The highest BCUT2D eigenvalue weighted by molar-refractivity contribution is 14.1. The lowest BCUT2D eigenvalue weighted by Crippen LogP contribution is -2.33. The second kappa shape index (κ2) is 21.1. The third-order valence-electron chi connectivity index (χ3n) is 9.07. The Balaban J connectivity index is 0.000000218. The SMILES string of the molecule is Cc1cc(I)ccc1Nc1c(C(=O)NCCN2CCCC2)cc(Br)c(F)c1F.Cc1cc(I)ccc1Nc1c(C(=O)NCCc2ccncc2)cc(Br)c(F)c1F. The molecule has 6 rings (SSSR count). The van der Waals surface area contributed by atoms with E-state index >= 15 is 0 Å². The van der Waals surface area contributed by atoms with E-state index < -0.39 is 35.1 Å². The van der Waals surface area contributed by atoms with E-state index in [2.05, 4.69) is 108 Å². The van der Waals surface area contributed by atoms with Gasteiger partial charge in [-0.1, -0.05) is 0 Å². The van der Waals surface area contributed by atoms with E-state index in [1.165, 1.54) is 25.0 Å². The van der Waals surface area contributed by atoms with Crippen molar-refractivity contribution < 1.29 is 27.2 Å². The molecule has 4 aromatic carbocycles. The Labute approximate surface area is 372 Å². The molecule has 1 fully saturated rings. The number of anilines is 4. The number of nitrogens with zero attached hydrogens (tertiary/aromatic N) is 2. The summed E-state index contributed by atoms with van der Waals surface area (Å²) in [5.74, 6) is -5.22. The smallest absolute Gasteiger partial charge is 0.253 e. The van der Waals surface area contributed by atoms with Gasteiger partial charge in [0.25, 0.3) is 11.8 Å². The summed E-state index contributed by atoms with van der Waals surface area (Å²) in [6, 6.07) is 17.4. The van der Waals surface area contributed by atoms with E-state index in [1.54, 1.807) is 24.5 Å². The highest BCUT2D eigenvalue weighted by Gasteiger charge is 2.24. The molecule has 1 saturated heterocycles. The summed E-state index contributed by atoms with van der Waals surface area (Å²) in [5.41, 5.74) is 3.66. The molecule has 57 heavy (non-hydrogen) atoms. The summed E-state index contributed by atoms with van der Waals surface area (Å²) in [4.78, 5) is 31.7. The summed E-state index contributed by atoms with van der Waals surface area (Å²) in [5, 5.41) is 11.4. The third kappa shape index (κ3) is 12.1. The first-order valence-corrected chi connectivity index (χ1v) is 21.6. The van der Waals surface area contributed by atoms with Crippen LogP contribution in [0.4, 0.5) is 40.3 Å². The molecule has 2 amide bonds. The number of pyridine rings is 1. The molecule has 2 heterocycles. The van der Waals surface area contributed by atoms with Crippen LogP contribution in [0.3, 0.4) is 0 Å². The van der Waals surface area contributed by atoms with Gasteiger partial charge in [0.05, 0.1) is 31.4 Å². The molecule has 0 aliphatic carbocycles. The number of likely N-dealkylation sites (tertiary alicyclic amines) is 1. The molecule has 5 aromatic rings. The van der Waals surface area contributed by atoms with Gasteiger partial charge >= 0.3 is 0 Å². The number of amides is 2. The molecule has 0 atom stereocenters. The van der Waals surface area contributed by atoms with Gasteiger partial charge in [0.1, 0.15) is 0 Å². The predicted molar refractivity (Wildman–Crippen MR) is 241 cm³/mol. The maximum atomic E-state index is 14.7. The van der Waals surface area contributed by atoms with Gasteiger partial charge in [0.15, 0.2) is 23.3 Å². The molecule has 1 aromatic heterocycles. The van der Waals surface area contributed by atoms with Crippen LogP contribution in [0.25, 0.3) is 0 Å². The van der Waals surface area contributed by atoms with Crippen LogP contribution in [0.5, 0.6) is 0 Å². The number of benzene rings is 4. The number of aromatic nitrogens is 1. The number of rotatable bonds is 12. The van der Waals surface area contributed by atoms with Gasteiger partial charge in [0.2, 0.25) is 0 Å². The number of carbonyl (C=O) groups excluding carboxylic acids is 2. The Morgan fingerprint density at radius 1 is 0.684 bits per heavy atom. The first kappa shape index (κ1) is 44.8. The van der Waals surface area contributed by atoms with Crippen molar-refractivity contribution in [2.45, 2.75) is 33.1 Å². The fraction of sp³-hybridized carbons (Fsp3) is 0.244. The van der Waals surface area contributed by atoms with Crippen molar-refractivity contribution in [3.8, 4) is 0 Å². The van der Waals surface area contributed by atoms with Crippen LogP contribution < -0.4 is 21.3 Å². The zero-order valence-corrected chi connectivity index (χ0v) is 38.3. The highest BCUT2D eigenvalue weighted by Crippen LogP contribution is 2.34. The van der Waals surface area contributed by atoms with Gasteiger partial charge in [-0.25, -0.2) is 17.6 Å². The molecule has 0 spiro atoms. The van der Waals surface area contributed by atoms with Crippen molar-refractivity contribution >= 4 is 112 Å². The van der Waals surface area contributed by atoms with Crippen LogP contribution >= 0.6 is 77.0 Å². The lowest BCUT2D eigenvalue weighted by atomic mass is 10.1. The Bertz CT molecular complexity index is 2250. The Hall–Kier alpha value is -3.33. The van der Waals surface area contributed by atoms with Gasteiger partial charge in [-0.3, -0.25) is 14.6 Å². The molecule has 8 nitrogen and oxygen atoms in total. The van der Waals surface area contributed by atoms with Gasteiger partial charge in [-0.15, -0.1) is 0 Å². The van der Waals surface area contributed by atoms with E-state index in [1.807, 2.05) is 50.2 Å². The molecule has 0 radical (unpaired) electrons. The van der Waals surface area contributed by atoms with Crippen LogP contribution in [-0.2, 0) is 6.42 Å². The van der Waals surface area contributed by atoms with E-state index in [9.17, 15) is 27.2 Å². The van der Waals surface area contributed by atoms with E-state index in [4.69, 9.17) is 0 Å². The number of aryl methyl sites for hydroxylation is 2. The number of carbonyl (C=O) groups is 2. The molecule has 1 aliphatic rings. The third-order valence-corrected chi connectivity index (χ3v) is 11.6. The first-order valence-electron chi connectivity index (χ1n) is 17.8. The second-order valence-electron chi connectivity index (χ2n) is 13.2. The topological polar surface area (TPSA) is 98.4 Å². The Morgan fingerprint density at radius 2 is 1.14 bits per heavy atom. The van der Waals surface area contributed by atoms with Gasteiger partial charge in [-0.05, 0) is 201 Å². The van der Waals surface area contributed by atoms with E-state index in [0.29, 0.717) is 30.9 Å². The van der Waals surface area contributed by atoms with Gasteiger partial charge in [0, 0.05) is 50.5 Å². The van der Waals surface area contributed by atoms with Crippen LogP contribution in [-0.4, -0.2) is 54.4 Å². The molecule has 16 heteroatoms. The molecule has 1 aliphatic heterocycles. The lowest BCUT2D eigenvalue weighted by Gasteiger charge is -2.18. The van der Waals surface area contributed by atoms with Gasteiger partial charge in [-0.2, -0.15) is 0 Å². The number of hydrogen-bond acceptors (Lipinski definition) is 6. The highest BCUT2D eigenvalue weighted by atomic mass is 127. The minimum Gasteiger partial charge on any atom is -0.352 e. The van der Waals surface area contributed by atoms with Gasteiger partial charge < -0.3 is 26.2 Å². The summed E-state index contributed by atoms with van der Waals surface area (Å²) >= 11 is 10.3. The zero-order valence-electron chi connectivity index (χ0n) is 30.8. The largest absolute Gasteiger partial charge is 0.352 e. The number of hydrogen-bond donors (Lipinski definition) is 4. The molecule has 0 bridgehead atoms. The van der Waals surface area contributed by atoms with Crippen LogP contribution in [0.1, 0.15) is 50.2 Å². The van der Waals surface area contributed by atoms with Crippen molar-refractivity contribution in [2.24, 2.45) is 0 Å². The molecular formula is C41H38Br2F4I2N6O2. The number of halogens is 8. The molecular weight excluding hydrogens is 1100 g/mol.